The van der Waals surface area contributed by atoms with Gasteiger partial charge in [-0.05, 0) is 13.3 Å². The van der Waals surface area contributed by atoms with E-state index in [1.54, 1.807) is 7.11 Å². The summed E-state index contributed by atoms with van der Waals surface area (Å²) in [6.07, 6.45) is 1.53. The van der Waals surface area contributed by atoms with Crippen LogP contribution in [0.15, 0.2) is 0 Å². The number of hydrogen-bond donors (Lipinski definition) is 1. The molecule has 0 saturated carbocycles. The molecule has 0 aliphatic carbocycles. The fourth-order valence-electron chi connectivity index (χ4n) is 1.32. The van der Waals surface area contributed by atoms with Gasteiger partial charge in [0.05, 0.1) is 19.3 Å². The van der Waals surface area contributed by atoms with E-state index in [1.165, 1.54) is 0 Å². The molecular formula is C8H17NO2. The fourth-order valence-corrected chi connectivity index (χ4v) is 1.32. The SMILES string of the molecule is COCCOC1CNC(C)C1. The molecule has 1 fully saturated rings. The van der Waals surface area contributed by atoms with Gasteiger partial charge in [-0.1, -0.05) is 0 Å². The second-order valence-electron chi connectivity index (χ2n) is 3.03. The molecule has 1 rings (SSSR count). The molecule has 0 radical (unpaired) electrons. The van der Waals surface area contributed by atoms with E-state index in [-0.39, 0.29) is 0 Å². The van der Waals surface area contributed by atoms with Crippen molar-refractivity contribution in [2.45, 2.75) is 25.5 Å². The predicted octanol–water partition coefficient (Wildman–Crippen LogP) is 0.400. The van der Waals surface area contributed by atoms with E-state index >= 15 is 0 Å². The zero-order valence-corrected chi connectivity index (χ0v) is 7.30. The summed E-state index contributed by atoms with van der Waals surface area (Å²) in [6.45, 7) is 4.59. The quantitative estimate of drug-likeness (QED) is 0.602. The van der Waals surface area contributed by atoms with E-state index in [4.69, 9.17) is 9.47 Å². The molecule has 2 unspecified atom stereocenters. The lowest BCUT2D eigenvalue weighted by Crippen LogP contribution is -2.19. The molecule has 11 heavy (non-hydrogen) atoms. The molecule has 3 heteroatoms. The third-order valence-corrected chi connectivity index (χ3v) is 1.95. The van der Waals surface area contributed by atoms with E-state index in [9.17, 15) is 0 Å². The van der Waals surface area contributed by atoms with Crippen LogP contribution in [-0.2, 0) is 9.47 Å². The summed E-state index contributed by atoms with van der Waals surface area (Å²) in [7, 11) is 1.69. The second kappa shape index (κ2) is 4.70. The molecule has 0 amide bonds. The van der Waals surface area contributed by atoms with E-state index in [2.05, 4.69) is 12.2 Å². The van der Waals surface area contributed by atoms with Gasteiger partial charge in [0, 0.05) is 19.7 Å². The normalized spacial score (nSPS) is 31.1. The van der Waals surface area contributed by atoms with Crippen LogP contribution in [0.3, 0.4) is 0 Å². The van der Waals surface area contributed by atoms with Crippen molar-refractivity contribution in [2.24, 2.45) is 0 Å². The zero-order valence-electron chi connectivity index (χ0n) is 7.30. The minimum absolute atomic E-state index is 0.403. The number of rotatable bonds is 4. The molecule has 66 valence electrons. The van der Waals surface area contributed by atoms with Crippen molar-refractivity contribution < 1.29 is 9.47 Å². The summed E-state index contributed by atoms with van der Waals surface area (Å²) < 4.78 is 10.4. The highest BCUT2D eigenvalue weighted by Crippen LogP contribution is 2.08. The van der Waals surface area contributed by atoms with Gasteiger partial charge in [0.15, 0.2) is 0 Å². The average molecular weight is 159 g/mol. The Morgan fingerprint density at radius 2 is 2.27 bits per heavy atom. The minimum atomic E-state index is 0.403. The van der Waals surface area contributed by atoms with Crippen LogP contribution >= 0.6 is 0 Å². The highest BCUT2D eigenvalue weighted by molar-refractivity contribution is 4.78. The van der Waals surface area contributed by atoms with Crippen LogP contribution in [0, 0.1) is 0 Å². The Labute approximate surface area is 68.1 Å². The highest BCUT2D eigenvalue weighted by atomic mass is 16.5. The Morgan fingerprint density at radius 3 is 2.82 bits per heavy atom. The van der Waals surface area contributed by atoms with E-state index in [0.717, 1.165) is 19.6 Å². The third kappa shape index (κ3) is 3.18. The Bertz CT molecular complexity index is 108. The Hall–Kier alpha value is -0.120. The maximum absolute atomic E-state index is 5.53. The van der Waals surface area contributed by atoms with E-state index < -0.39 is 0 Å². The number of ether oxygens (including phenoxy) is 2. The van der Waals surface area contributed by atoms with Gasteiger partial charge in [-0.2, -0.15) is 0 Å². The maximum Gasteiger partial charge on any atom is 0.0715 e. The van der Waals surface area contributed by atoms with Crippen molar-refractivity contribution in [1.82, 2.24) is 5.32 Å². The Morgan fingerprint density at radius 1 is 1.45 bits per heavy atom. The van der Waals surface area contributed by atoms with Crippen molar-refractivity contribution in [3.05, 3.63) is 0 Å². The summed E-state index contributed by atoms with van der Waals surface area (Å²) >= 11 is 0. The summed E-state index contributed by atoms with van der Waals surface area (Å²) in [5.41, 5.74) is 0. The molecule has 3 nitrogen and oxygen atoms in total. The van der Waals surface area contributed by atoms with Crippen LogP contribution in [0.2, 0.25) is 0 Å². The molecule has 1 heterocycles. The monoisotopic (exact) mass is 159 g/mol. The Kier molecular flexibility index (Phi) is 3.83. The molecule has 2 atom stereocenters. The summed E-state index contributed by atoms with van der Waals surface area (Å²) in [4.78, 5) is 0. The highest BCUT2D eigenvalue weighted by Gasteiger charge is 2.20. The number of methoxy groups -OCH3 is 1. The van der Waals surface area contributed by atoms with Gasteiger partial charge in [0.2, 0.25) is 0 Å². The second-order valence-corrected chi connectivity index (χ2v) is 3.03. The van der Waals surface area contributed by atoms with Crippen LogP contribution in [0.1, 0.15) is 13.3 Å². The zero-order chi connectivity index (χ0) is 8.10. The number of nitrogens with one attached hydrogen (secondary N) is 1. The fraction of sp³-hybridized carbons (Fsp3) is 1.00. The third-order valence-electron chi connectivity index (χ3n) is 1.95. The van der Waals surface area contributed by atoms with E-state index in [1.807, 2.05) is 0 Å². The van der Waals surface area contributed by atoms with Crippen molar-refractivity contribution in [3.8, 4) is 0 Å². The molecule has 1 aliphatic rings. The molecule has 1 aliphatic heterocycles. The van der Waals surface area contributed by atoms with Crippen molar-refractivity contribution in [1.29, 1.82) is 0 Å². The van der Waals surface area contributed by atoms with Crippen molar-refractivity contribution in [3.63, 3.8) is 0 Å². The van der Waals surface area contributed by atoms with Crippen LogP contribution in [0.25, 0.3) is 0 Å². The topological polar surface area (TPSA) is 30.5 Å². The smallest absolute Gasteiger partial charge is 0.0715 e. The van der Waals surface area contributed by atoms with Crippen LogP contribution in [0.4, 0.5) is 0 Å². The van der Waals surface area contributed by atoms with Gasteiger partial charge in [0.1, 0.15) is 0 Å². The molecule has 1 N–H and O–H groups in total. The molecule has 1 saturated heterocycles. The van der Waals surface area contributed by atoms with Crippen molar-refractivity contribution in [2.75, 3.05) is 26.9 Å². The Balaban J connectivity index is 1.99. The average Bonchev–Trinajstić information content (AvgIpc) is 2.37. The van der Waals surface area contributed by atoms with Gasteiger partial charge < -0.3 is 14.8 Å². The summed E-state index contributed by atoms with van der Waals surface area (Å²) in [5, 5.41) is 3.33. The lowest BCUT2D eigenvalue weighted by molar-refractivity contribution is 0.0263. The lowest BCUT2D eigenvalue weighted by atomic mass is 10.2. The first-order valence-electron chi connectivity index (χ1n) is 4.17. The van der Waals surface area contributed by atoms with E-state index in [0.29, 0.717) is 18.8 Å². The van der Waals surface area contributed by atoms with Gasteiger partial charge in [-0.3, -0.25) is 0 Å². The lowest BCUT2D eigenvalue weighted by Gasteiger charge is -2.09. The standard InChI is InChI=1S/C8H17NO2/c1-7-5-8(6-9-7)11-4-3-10-2/h7-9H,3-6H2,1-2H3. The molecule has 0 aromatic rings. The molecule has 0 aromatic carbocycles. The largest absolute Gasteiger partial charge is 0.382 e. The van der Waals surface area contributed by atoms with Crippen molar-refractivity contribution >= 4 is 0 Å². The first-order chi connectivity index (χ1) is 5.33. The predicted molar refractivity (Wildman–Crippen MR) is 43.7 cm³/mol. The van der Waals surface area contributed by atoms with Gasteiger partial charge in [-0.15, -0.1) is 0 Å². The van der Waals surface area contributed by atoms with Gasteiger partial charge in [-0.25, -0.2) is 0 Å². The molecule has 0 aromatic heterocycles. The van der Waals surface area contributed by atoms with Crippen LogP contribution < -0.4 is 5.32 Å². The summed E-state index contributed by atoms with van der Waals surface area (Å²) in [6, 6.07) is 0.613. The minimum Gasteiger partial charge on any atom is -0.382 e. The first-order valence-corrected chi connectivity index (χ1v) is 4.17. The van der Waals surface area contributed by atoms with Gasteiger partial charge in [0.25, 0.3) is 0 Å². The first kappa shape index (κ1) is 8.97. The molecule has 0 bridgehead atoms. The maximum atomic E-state index is 5.53. The van der Waals surface area contributed by atoms with Crippen LogP contribution in [0.5, 0.6) is 0 Å². The molecular weight excluding hydrogens is 142 g/mol. The summed E-state index contributed by atoms with van der Waals surface area (Å²) in [5.74, 6) is 0. The molecule has 0 spiro atoms. The van der Waals surface area contributed by atoms with Crippen LogP contribution in [-0.4, -0.2) is 39.0 Å². The van der Waals surface area contributed by atoms with Gasteiger partial charge >= 0.3 is 0 Å². The number of hydrogen-bond acceptors (Lipinski definition) is 3.